The summed E-state index contributed by atoms with van der Waals surface area (Å²) in [5, 5.41) is 32.7. The van der Waals surface area contributed by atoms with Crippen molar-refractivity contribution in [3.05, 3.63) is 0 Å². The Morgan fingerprint density at radius 1 is 0.517 bits per heavy atom. The first-order valence-corrected chi connectivity index (χ1v) is 19.9. The number of nitrogens with one attached hydrogen (secondary N) is 6. The molecule has 60 heavy (non-hydrogen) atoms. The molecule has 0 aliphatic heterocycles. The molecule has 0 spiro atoms. The SMILES string of the molecule is CSCC[C@@H](NC(=O)[C@H](CCC(N)=O)NC(=O)[C@H](CCCN=C(N)N)NC(=O)[C@H](CCCN=C(N)N)NC(C)=O)C(=O)N[C@@H](CCC(=O)O)C(=O)N[C@@H](CC(=O)O)C(N)=O. The summed E-state index contributed by atoms with van der Waals surface area (Å²) in [7, 11) is 0. The van der Waals surface area contributed by atoms with E-state index in [9.17, 15) is 53.1 Å². The quantitative estimate of drug-likeness (QED) is 0.0175. The van der Waals surface area contributed by atoms with Crippen LogP contribution in [0.4, 0.5) is 0 Å². The molecule has 0 aromatic carbocycles. The van der Waals surface area contributed by atoms with Crippen LogP contribution in [0.2, 0.25) is 0 Å². The molecule has 0 unspecified atom stereocenters. The Hall–Kier alpha value is -6.41. The van der Waals surface area contributed by atoms with E-state index in [-0.39, 0.29) is 69.3 Å². The Bertz CT molecular complexity index is 1590. The van der Waals surface area contributed by atoms with Crippen LogP contribution in [0.5, 0.6) is 0 Å². The number of amides is 8. The number of hydrogen-bond acceptors (Lipinski definition) is 13. The number of aliphatic carboxylic acids is 2. The fraction of sp³-hybridized carbons (Fsp3) is 0.636. The number of hydrogen-bond donors (Lipinski definition) is 14. The van der Waals surface area contributed by atoms with Crippen molar-refractivity contribution in [2.45, 2.75) is 107 Å². The molecule has 0 heterocycles. The van der Waals surface area contributed by atoms with Gasteiger partial charge in [0.1, 0.15) is 36.3 Å². The van der Waals surface area contributed by atoms with Gasteiger partial charge in [-0.15, -0.1) is 0 Å². The average Bonchev–Trinajstić information content (AvgIpc) is 3.14. The van der Waals surface area contributed by atoms with Gasteiger partial charge in [0.05, 0.1) is 6.42 Å². The summed E-state index contributed by atoms with van der Waals surface area (Å²) in [5.74, 6) is -10.5. The summed E-state index contributed by atoms with van der Waals surface area (Å²) >= 11 is 1.26. The summed E-state index contributed by atoms with van der Waals surface area (Å²) in [6.45, 7) is 1.33. The fourth-order valence-electron chi connectivity index (χ4n) is 5.15. The zero-order valence-corrected chi connectivity index (χ0v) is 34.2. The molecule has 0 bridgehead atoms. The number of carboxylic acids is 2. The topological polar surface area (TPSA) is 464 Å². The Kier molecular flexibility index (Phi) is 25.8. The predicted octanol–water partition coefficient (Wildman–Crippen LogP) is -6.13. The third kappa shape index (κ3) is 24.4. The van der Waals surface area contributed by atoms with Crippen LogP contribution in [0.1, 0.15) is 71.1 Å². The lowest BCUT2D eigenvalue weighted by Gasteiger charge is -2.27. The molecule has 0 aromatic heterocycles. The van der Waals surface area contributed by atoms with Crippen molar-refractivity contribution in [1.82, 2.24) is 31.9 Å². The monoisotopic (exact) mass is 874 g/mol. The highest BCUT2D eigenvalue weighted by Gasteiger charge is 2.33. The van der Waals surface area contributed by atoms with Crippen LogP contribution >= 0.6 is 11.8 Å². The minimum Gasteiger partial charge on any atom is -0.481 e. The molecule has 0 rings (SSSR count). The number of nitrogens with two attached hydrogens (primary N) is 6. The fourth-order valence-corrected chi connectivity index (χ4v) is 5.62. The second-order valence-electron chi connectivity index (χ2n) is 13.2. The third-order valence-corrected chi connectivity index (χ3v) is 8.74. The van der Waals surface area contributed by atoms with E-state index in [1.807, 2.05) is 0 Å². The molecule has 20 N–H and O–H groups in total. The largest absolute Gasteiger partial charge is 0.481 e. The van der Waals surface area contributed by atoms with Gasteiger partial charge in [-0.05, 0) is 57.0 Å². The molecular weight excluding hydrogens is 817 g/mol. The van der Waals surface area contributed by atoms with Crippen LogP contribution < -0.4 is 66.3 Å². The van der Waals surface area contributed by atoms with Crippen LogP contribution in [-0.4, -0.2) is 143 Å². The number of nitrogens with zero attached hydrogens (tertiary/aromatic N) is 2. The Morgan fingerprint density at radius 3 is 1.22 bits per heavy atom. The van der Waals surface area contributed by atoms with E-state index in [1.165, 1.54) is 18.7 Å². The highest BCUT2D eigenvalue weighted by atomic mass is 32.2. The van der Waals surface area contributed by atoms with Gasteiger partial charge < -0.3 is 76.5 Å². The molecule has 27 heteroatoms. The van der Waals surface area contributed by atoms with Crippen molar-refractivity contribution in [1.29, 1.82) is 0 Å². The average molecular weight is 875 g/mol. The summed E-state index contributed by atoms with van der Waals surface area (Å²) in [5.41, 5.74) is 32.0. The van der Waals surface area contributed by atoms with Crippen LogP contribution in [0.15, 0.2) is 9.98 Å². The van der Waals surface area contributed by atoms with E-state index in [1.54, 1.807) is 6.26 Å². The lowest BCUT2D eigenvalue weighted by atomic mass is 10.0. The van der Waals surface area contributed by atoms with Gasteiger partial charge in [-0.1, -0.05) is 0 Å². The molecule has 0 saturated heterocycles. The lowest BCUT2D eigenvalue weighted by Crippen LogP contribution is -2.59. The van der Waals surface area contributed by atoms with Crippen molar-refractivity contribution in [3.8, 4) is 0 Å². The third-order valence-electron chi connectivity index (χ3n) is 8.09. The maximum absolute atomic E-state index is 13.8. The summed E-state index contributed by atoms with van der Waals surface area (Å²) in [6, 6.07) is -8.89. The van der Waals surface area contributed by atoms with Crippen molar-refractivity contribution in [2.75, 3.05) is 25.1 Å². The molecule has 8 amide bonds. The van der Waals surface area contributed by atoms with E-state index < -0.39 is 121 Å². The van der Waals surface area contributed by atoms with Crippen molar-refractivity contribution < 1.29 is 58.2 Å². The van der Waals surface area contributed by atoms with Gasteiger partial charge in [0.15, 0.2) is 11.9 Å². The van der Waals surface area contributed by atoms with Gasteiger partial charge in [0.2, 0.25) is 47.3 Å². The summed E-state index contributed by atoms with van der Waals surface area (Å²) in [4.78, 5) is 133. The predicted molar refractivity (Wildman–Crippen MR) is 217 cm³/mol. The van der Waals surface area contributed by atoms with E-state index >= 15 is 0 Å². The van der Waals surface area contributed by atoms with Crippen molar-refractivity contribution >= 4 is 82.9 Å². The number of carboxylic acid groups (broad SMARTS) is 2. The molecule has 0 fully saturated rings. The Balaban J connectivity index is 6.54. The number of primary amides is 2. The number of carbonyl (C=O) groups excluding carboxylic acids is 8. The highest BCUT2D eigenvalue weighted by Crippen LogP contribution is 2.09. The smallest absolute Gasteiger partial charge is 0.305 e. The Morgan fingerprint density at radius 2 is 0.883 bits per heavy atom. The van der Waals surface area contributed by atoms with Gasteiger partial charge >= 0.3 is 11.9 Å². The standard InChI is InChI=1S/C33H58N14O12S/c1-16(48)42-17(5-3-12-40-32(36)37)27(55)43-18(6-4-13-41-33(38)39)28(56)44-19(7-9-23(34)49)29(57)46-21(11-14-60-2)31(59)45-20(8-10-24(50)51)30(58)47-22(26(35)54)15-25(52)53/h17-22H,3-15H2,1-2H3,(H2,34,49)(H2,35,54)(H,42,48)(H,43,55)(H,44,56)(H,45,59)(H,46,57)(H,47,58)(H,50,51)(H,52,53)(H4,36,37,40)(H4,38,39,41)/t17-,18-,19-,20-,21+,22-/m0/s1. The van der Waals surface area contributed by atoms with Crippen LogP contribution in [0.25, 0.3) is 0 Å². The maximum Gasteiger partial charge on any atom is 0.305 e. The minimum atomic E-state index is -1.71. The van der Waals surface area contributed by atoms with E-state index in [2.05, 4.69) is 41.9 Å². The number of rotatable bonds is 31. The van der Waals surface area contributed by atoms with Gasteiger partial charge in [-0.25, -0.2) is 0 Å². The normalized spacial score (nSPS) is 13.6. The van der Waals surface area contributed by atoms with E-state index in [4.69, 9.17) is 39.5 Å². The van der Waals surface area contributed by atoms with E-state index in [0.29, 0.717) is 0 Å². The second kappa shape index (κ2) is 28.9. The van der Waals surface area contributed by atoms with Gasteiger partial charge in [-0.2, -0.15) is 11.8 Å². The molecule has 0 radical (unpaired) electrons. The molecule has 0 aliphatic rings. The number of thioether (sulfide) groups is 1. The van der Waals surface area contributed by atoms with Gasteiger partial charge in [-0.3, -0.25) is 57.9 Å². The Labute approximate surface area is 349 Å². The van der Waals surface area contributed by atoms with Gasteiger partial charge in [0, 0.05) is 32.9 Å². The van der Waals surface area contributed by atoms with Crippen LogP contribution in [0.3, 0.4) is 0 Å². The lowest BCUT2D eigenvalue weighted by molar-refractivity contribution is -0.140. The molecular formula is C33H58N14O12S. The van der Waals surface area contributed by atoms with Crippen LogP contribution in [0, 0.1) is 0 Å². The van der Waals surface area contributed by atoms with Gasteiger partial charge in [0.25, 0.3) is 0 Å². The molecule has 0 aromatic rings. The van der Waals surface area contributed by atoms with E-state index in [0.717, 1.165) is 0 Å². The first-order chi connectivity index (χ1) is 28.1. The number of aliphatic imine (C=N–C) groups is 2. The second-order valence-corrected chi connectivity index (χ2v) is 14.2. The first kappa shape index (κ1) is 53.6. The zero-order chi connectivity index (χ0) is 45.9. The highest BCUT2D eigenvalue weighted by molar-refractivity contribution is 7.98. The number of carbonyl (C=O) groups is 10. The summed E-state index contributed by atoms with van der Waals surface area (Å²) in [6.07, 6.45) is -0.973. The van der Waals surface area contributed by atoms with Crippen molar-refractivity contribution in [3.63, 3.8) is 0 Å². The molecule has 338 valence electrons. The molecule has 6 atom stereocenters. The maximum atomic E-state index is 13.8. The van der Waals surface area contributed by atoms with Crippen LogP contribution in [-0.2, 0) is 47.9 Å². The zero-order valence-electron chi connectivity index (χ0n) is 33.4. The minimum absolute atomic E-state index is 0.0294. The molecule has 0 aliphatic carbocycles. The summed E-state index contributed by atoms with van der Waals surface area (Å²) < 4.78 is 0. The van der Waals surface area contributed by atoms with Crippen molar-refractivity contribution in [2.24, 2.45) is 44.4 Å². The molecule has 0 saturated carbocycles. The molecule has 26 nitrogen and oxygen atoms in total. The number of guanidine groups is 2. The first-order valence-electron chi connectivity index (χ1n) is 18.5.